The molecule has 2 rings (SSSR count). The van der Waals surface area contributed by atoms with Crippen LogP contribution in [0.5, 0.6) is 0 Å². The predicted octanol–water partition coefficient (Wildman–Crippen LogP) is 3.81. The summed E-state index contributed by atoms with van der Waals surface area (Å²) in [6, 6.07) is 5.17. The highest BCUT2D eigenvalue weighted by Gasteiger charge is 2.11. The van der Waals surface area contributed by atoms with Crippen molar-refractivity contribution in [3.63, 3.8) is 0 Å². The first kappa shape index (κ1) is 14.4. The zero-order valence-electron chi connectivity index (χ0n) is 11.6. The molecule has 0 amide bonds. The number of benzene rings is 1. The molecule has 1 aromatic carbocycles. The summed E-state index contributed by atoms with van der Waals surface area (Å²) in [5, 5.41) is 3.10. The second-order valence-electron chi connectivity index (χ2n) is 4.46. The van der Waals surface area contributed by atoms with E-state index in [4.69, 9.17) is 0 Å². The van der Waals surface area contributed by atoms with Crippen LogP contribution in [0.25, 0.3) is 11.3 Å². The minimum Gasteiger partial charge on any atom is -0.370 e. The lowest BCUT2D eigenvalue weighted by molar-refractivity contribution is 0.585. The van der Waals surface area contributed by atoms with Crippen LogP contribution in [0.4, 0.5) is 14.6 Å². The van der Waals surface area contributed by atoms with E-state index < -0.39 is 11.6 Å². The van der Waals surface area contributed by atoms with Gasteiger partial charge in [0.2, 0.25) is 0 Å². The molecule has 5 heteroatoms. The molecule has 0 aliphatic carbocycles. The number of nitrogens with zero attached hydrogens (tertiary/aromatic N) is 2. The van der Waals surface area contributed by atoms with Crippen molar-refractivity contribution in [2.45, 2.75) is 26.7 Å². The van der Waals surface area contributed by atoms with Gasteiger partial charge in [0.05, 0.1) is 5.69 Å². The molecule has 0 fully saturated rings. The monoisotopic (exact) mass is 277 g/mol. The first-order valence-electron chi connectivity index (χ1n) is 6.71. The Labute approximate surface area is 117 Å². The van der Waals surface area contributed by atoms with Crippen LogP contribution in [-0.4, -0.2) is 16.5 Å². The van der Waals surface area contributed by atoms with Crippen molar-refractivity contribution in [1.82, 2.24) is 9.97 Å². The molecule has 0 aliphatic rings. The van der Waals surface area contributed by atoms with Gasteiger partial charge in [0.15, 0.2) is 0 Å². The van der Waals surface area contributed by atoms with E-state index in [0.717, 1.165) is 18.9 Å². The van der Waals surface area contributed by atoms with E-state index in [0.29, 0.717) is 23.9 Å². The highest BCUT2D eigenvalue weighted by Crippen LogP contribution is 2.24. The Bertz CT molecular complexity index is 575. The largest absolute Gasteiger partial charge is 0.370 e. The summed E-state index contributed by atoms with van der Waals surface area (Å²) >= 11 is 0. The van der Waals surface area contributed by atoms with Crippen LogP contribution in [0.15, 0.2) is 24.3 Å². The Hall–Kier alpha value is -2.04. The Morgan fingerprint density at radius 1 is 1.10 bits per heavy atom. The number of anilines is 1. The van der Waals surface area contributed by atoms with Crippen LogP contribution < -0.4 is 5.32 Å². The number of halogens is 2. The highest BCUT2D eigenvalue weighted by molar-refractivity contribution is 5.63. The van der Waals surface area contributed by atoms with E-state index in [1.807, 2.05) is 13.8 Å². The van der Waals surface area contributed by atoms with Crippen LogP contribution in [-0.2, 0) is 6.42 Å². The van der Waals surface area contributed by atoms with E-state index in [9.17, 15) is 8.78 Å². The lowest BCUT2D eigenvalue weighted by atomic mass is 10.1. The number of aryl methyl sites for hydroxylation is 1. The Morgan fingerprint density at radius 2 is 1.90 bits per heavy atom. The maximum absolute atomic E-state index is 13.9. The van der Waals surface area contributed by atoms with Crippen molar-refractivity contribution in [3.8, 4) is 11.3 Å². The van der Waals surface area contributed by atoms with Crippen LogP contribution in [0.1, 0.15) is 26.1 Å². The van der Waals surface area contributed by atoms with Gasteiger partial charge in [-0.1, -0.05) is 6.92 Å². The summed E-state index contributed by atoms with van der Waals surface area (Å²) in [5.74, 6) is 0.101. The third-order valence-corrected chi connectivity index (χ3v) is 2.81. The summed E-state index contributed by atoms with van der Waals surface area (Å²) in [7, 11) is 0. The smallest absolute Gasteiger partial charge is 0.135 e. The highest BCUT2D eigenvalue weighted by atomic mass is 19.1. The molecule has 0 bridgehead atoms. The Balaban J connectivity index is 2.48. The topological polar surface area (TPSA) is 37.8 Å². The lowest BCUT2D eigenvalue weighted by Crippen LogP contribution is -2.05. The summed E-state index contributed by atoms with van der Waals surface area (Å²) in [6.45, 7) is 4.70. The van der Waals surface area contributed by atoms with Gasteiger partial charge in [0, 0.05) is 30.7 Å². The van der Waals surface area contributed by atoms with Crippen LogP contribution in [0.3, 0.4) is 0 Å². The van der Waals surface area contributed by atoms with Crippen molar-refractivity contribution >= 4 is 5.82 Å². The van der Waals surface area contributed by atoms with Gasteiger partial charge in [-0.3, -0.25) is 0 Å². The van der Waals surface area contributed by atoms with Gasteiger partial charge >= 0.3 is 0 Å². The van der Waals surface area contributed by atoms with E-state index >= 15 is 0 Å². The SMILES string of the molecule is CCCc1nc(NCC)cc(-c2ccc(F)cc2F)n1. The van der Waals surface area contributed by atoms with E-state index in [-0.39, 0.29) is 5.56 Å². The van der Waals surface area contributed by atoms with Crippen LogP contribution in [0, 0.1) is 11.6 Å². The van der Waals surface area contributed by atoms with Gasteiger partial charge in [-0.25, -0.2) is 18.7 Å². The molecule has 3 nitrogen and oxygen atoms in total. The van der Waals surface area contributed by atoms with Gasteiger partial charge in [-0.15, -0.1) is 0 Å². The molecular formula is C15H17F2N3. The number of rotatable bonds is 5. The zero-order chi connectivity index (χ0) is 14.5. The second kappa shape index (κ2) is 6.41. The Kier molecular flexibility index (Phi) is 4.61. The molecule has 0 spiro atoms. The van der Waals surface area contributed by atoms with E-state index in [2.05, 4.69) is 15.3 Å². The average Bonchev–Trinajstić information content (AvgIpc) is 2.39. The van der Waals surface area contributed by atoms with Gasteiger partial charge in [-0.2, -0.15) is 0 Å². The molecule has 106 valence electrons. The van der Waals surface area contributed by atoms with Crippen molar-refractivity contribution in [2.24, 2.45) is 0 Å². The summed E-state index contributed by atoms with van der Waals surface area (Å²) in [5.41, 5.74) is 0.752. The van der Waals surface area contributed by atoms with Gasteiger partial charge in [0.1, 0.15) is 23.3 Å². The molecule has 0 unspecified atom stereocenters. The molecule has 20 heavy (non-hydrogen) atoms. The maximum Gasteiger partial charge on any atom is 0.135 e. The summed E-state index contributed by atoms with van der Waals surface area (Å²) in [6.07, 6.45) is 1.62. The molecule has 1 heterocycles. The average molecular weight is 277 g/mol. The van der Waals surface area contributed by atoms with Crippen LogP contribution >= 0.6 is 0 Å². The number of aromatic nitrogens is 2. The van der Waals surface area contributed by atoms with Crippen molar-refractivity contribution in [1.29, 1.82) is 0 Å². The molecule has 0 saturated heterocycles. The van der Waals surface area contributed by atoms with Crippen LogP contribution in [0.2, 0.25) is 0 Å². The minimum absolute atomic E-state index is 0.283. The summed E-state index contributed by atoms with van der Waals surface area (Å²) < 4.78 is 26.8. The fraction of sp³-hybridized carbons (Fsp3) is 0.333. The molecular weight excluding hydrogens is 260 g/mol. The maximum atomic E-state index is 13.9. The zero-order valence-corrected chi connectivity index (χ0v) is 11.6. The Morgan fingerprint density at radius 3 is 2.55 bits per heavy atom. The quantitative estimate of drug-likeness (QED) is 0.903. The molecule has 1 aromatic heterocycles. The van der Waals surface area contributed by atoms with Gasteiger partial charge in [-0.05, 0) is 25.5 Å². The van der Waals surface area contributed by atoms with Crippen molar-refractivity contribution in [3.05, 3.63) is 41.7 Å². The standard InChI is InChI=1S/C15H17F2N3/c1-3-5-14-19-13(9-15(20-14)18-4-2)11-7-6-10(16)8-12(11)17/h6-9H,3-5H2,1-2H3,(H,18,19,20). The fourth-order valence-corrected chi connectivity index (χ4v) is 1.94. The first-order chi connectivity index (χ1) is 9.63. The van der Waals surface area contributed by atoms with Crippen molar-refractivity contribution < 1.29 is 8.78 Å². The lowest BCUT2D eigenvalue weighted by Gasteiger charge is -2.09. The molecule has 1 N–H and O–H groups in total. The van der Waals surface area contributed by atoms with Gasteiger partial charge < -0.3 is 5.32 Å². The molecule has 0 saturated carbocycles. The van der Waals surface area contributed by atoms with E-state index in [1.165, 1.54) is 12.1 Å². The normalized spacial score (nSPS) is 10.6. The third-order valence-electron chi connectivity index (χ3n) is 2.81. The summed E-state index contributed by atoms with van der Waals surface area (Å²) in [4.78, 5) is 8.72. The molecule has 0 radical (unpaired) electrons. The second-order valence-corrected chi connectivity index (χ2v) is 4.46. The van der Waals surface area contributed by atoms with Gasteiger partial charge in [0.25, 0.3) is 0 Å². The number of hydrogen-bond acceptors (Lipinski definition) is 3. The molecule has 0 aliphatic heterocycles. The van der Waals surface area contributed by atoms with Crippen molar-refractivity contribution in [2.75, 3.05) is 11.9 Å². The van der Waals surface area contributed by atoms with E-state index in [1.54, 1.807) is 6.07 Å². The molecule has 0 atom stereocenters. The first-order valence-corrected chi connectivity index (χ1v) is 6.71. The molecule has 2 aromatic rings. The fourth-order valence-electron chi connectivity index (χ4n) is 1.94. The number of nitrogens with one attached hydrogen (secondary N) is 1. The predicted molar refractivity (Wildman–Crippen MR) is 75.5 cm³/mol. The minimum atomic E-state index is -0.617. The third kappa shape index (κ3) is 3.29. The number of hydrogen-bond donors (Lipinski definition) is 1.